The first-order chi connectivity index (χ1) is 11.5. The second kappa shape index (κ2) is 13.3. The van der Waals surface area contributed by atoms with Crippen LogP contribution in [0.1, 0.15) is 19.4 Å². The number of nitrogens with one attached hydrogen (secondary N) is 2. The summed E-state index contributed by atoms with van der Waals surface area (Å²) in [6, 6.07) is 10.1. The first kappa shape index (κ1) is 24.1. The lowest BCUT2D eigenvalue weighted by atomic mass is 10.2. The van der Waals surface area contributed by atoms with Gasteiger partial charge < -0.3 is 15.4 Å². The molecule has 0 fully saturated rings. The molecule has 0 aliphatic carbocycles. The average molecular weight is 483 g/mol. The molecule has 25 heavy (non-hydrogen) atoms. The van der Waals surface area contributed by atoms with Gasteiger partial charge in [0.2, 0.25) is 0 Å². The fraction of sp³-hybridized carbons (Fsp3) is 0.588. The molecule has 1 unspecified atom stereocenters. The number of ether oxygens (including phenoxy) is 1. The number of benzene rings is 1. The van der Waals surface area contributed by atoms with E-state index in [0.717, 1.165) is 5.56 Å². The lowest BCUT2D eigenvalue weighted by Crippen LogP contribution is -2.41. The number of nitrogens with zero attached hydrogens (tertiary/aromatic N) is 1. The SMILES string of the molecule is CCS(=O)(=O)CCNC(=NC)NCC(C)COCc1ccccc1.I. The van der Waals surface area contributed by atoms with Gasteiger partial charge in [0.05, 0.1) is 19.0 Å². The summed E-state index contributed by atoms with van der Waals surface area (Å²) >= 11 is 0. The van der Waals surface area contributed by atoms with Crippen LogP contribution in [0.4, 0.5) is 0 Å². The van der Waals surface area contributed by atoms with Gasteiger partial charge in [-0.2, -0.15) is 0 Å². The van der Waals surface area contributed by atoms with Gasteiger partial charge in [-0.3, -0.25) is 4.99 Å². The van der Waals surface area contributed by atoms with E-state index in [2.05, 4.69) is 22.5 Å². The average Bonchev–Trinajstić information content (AvgIpc) is 2.58. The van der Waals surface area contributed by atoms with E-state index in [-0.39, 0.29) is 35.5 Å². The van der Waals surface area contributed by atoms with Crippen molar-refractivity contribution in [2.45, 2.75) is 20.5 Å². The normalized spacial score (nSPS) is 13.0. The van der Waals surface area contributed by atoms with Crippen LogP contribution in [0.3, 0.4) is 0 Å². The van der Waals surface area contributed by atoms with Gasteiger partial charge in [0.1, 0.15) is 0 Å². The number of hydrogen-bond donors (Lipinski definition) is 2. The summed E-state index contributed by atoms with van der Waals surface area (Å²) in [6.45, 7) is 6.05. The van der Waals surface area contributed by atoms with Crippen LogP contribution in [0, 0.1) is 5.92 Å². The number of aliphatic imine (C=N–C) groups is 1. The van der Waals surface area contributed by atoms with Crippen LogP contribution in [-0.4, -0.2) is 52.6 Å². The Bertz CT molecular complexity index is 594. The zero-order chi connectivity index (χ0) is 17.8. The Morgan fingerprint density at radius 1 is 1.24 bits per heavy atom. The van der Waals surface area contributed by atoms with Crippen LogP contribution in [0.2, 0.25) is 0 Å². The van der Waals surface area contributed by atoms with Gasteiger partial charge in [0.25, 0.3) is 0 Å². The van der Waals surface area contributed by atoms with Gasteiger partial charge >= 0.3 is 0 Å². The fourth-order valence-electron chi connectivity index (χ4n) is 1.97. The predicted molar refractivity (Wildman–Crippen MR) is 114 cm³/mol. The third kappa shape index (κ3) is 11.4. The highest BCUT2D eigenvalue weighted by molar-refractivity contribution is 14.0. The smallest absolute Gasteiger partial charge is 0.191 e. The van der Waals surface area contributed by atoms with Crippen molar-refractivity contribution in [1.82, 2.24) is 10.6 Å². The standard InChI is InChI=1S/C17H29N3O3S.HI/c1-4-24(21,22)11-10-19-17(18-3)20-12-15(2)13-23-14-16-8-6-5-7-9-16;/h5-9,15H,4,10-14H2,1-3H3,(H2,18,19,20);1H. The van der Waals surface area contributed by atoms with Crippen LogP contribution in [-0.2, 0) is 21.2 Å². The fourth-order valence-corrected chi connectivity index (χ4v) is 2.67. The lowest BCUT2D eigenvalue weighted by molar-refractivity contribution is 0.0931. The third-order valence-corrected chi connectivity index (χ3v) is 5.21. The maximum absolute atomic E-state index is 11.5. The predicted octanol–water partition coefficient (Wildman–Crippen LogP) is 2.06. The molecule has 2 N–H and O–H groups in total. The van der Waals surface area contributed by atoms with Crippen LogP contribution >= 0.6 is 24.0 Å². The first-order valence-corrected chi connectivity index (χ1v) is 10.1. The number of rotatable bonds is 10. The van der Waals surface area contributed by atoms with Gasteiger partial charge in [-0.1, -0.05) is 44.2 Å². The minimum Gasteiger partial charge on any atom is -0.376 e. The van der Waals surface area contributed by atoms with E-state index >= 15 is 0 Å². The van der Waals surface area contributed by atoms with Crippen molar-refractivity contribution in [2.24, 2.45) is 10.9 Å². The van der Waals surface area contributed by atoms with E-state index in [9.17, 15) is 8.42 Å². The molecule has 1 aromatic carbocycles. The Balaban J connectivity index is 0.00000576. The summed E-state index contributed by atoms with van der Waals surface area (Å²) in [5.74, 6) is 1.19. The van der Waals surface area contributed by atoms with Crippen LogP contribution < -0.4 is 10.6 Å². The zero-order valence-corrected chi connectivity index (χ0v) is 18.3. The highest BCUT2D eigenvalue weighted by Gasteiger charge is 2.08. The summed E-state index contributed by atoms with van der Waals surface area (Å²) in [5.41, 5.74) is 1.16. The highest BCUT2D eigenvalue weighted by Crippen LogP contribution is 2.02. The van der Waals surface area contributed by atoms with Crippen molar-refractivity contribution in [3.05, 3.63) is 35.9 Å². The monoisotopic (exact) mass is 483 g/mol. The van der Waals surface area contributed by atoms with Gasteiger partial charge in [-0.25, -0.2) is 8.42 Å². The van der Waals surface area contributed by atoms with Crippen molar-refractivity contribution in [3.63, 3.8) is 0 Å². The molecule has 0 radical (unpaired) electrons. The summed E-state index contributed by atoms with van der Waals surface area (Å²) in [5, 5.41) is 6.20. The van der Waals surface area contributed by atoms with E-state index in [1.165, 1.54) is 0 Å². The van der Waals surface area contributed by atoms with Crippen LogP contribution in [0.5, 0.6) is 0 Å². The third-order valence-electron chi connectivity index (χ3n) is 3.50. The summed E-state index contributed by atoms with van der Waals surface area (Å²) in [4.78, 5) is 4.09. The molecule has 0 aliphatic heterocycles. The molecule has 144 valence electrons. The number of sulfone groups is 1. The van der Waals surface area contributed by atoms with Crippen LogP contribution in [0.25, 0.3) is 0 Å². The van der Waals surface area contributed by atoms with Gasteiger partial charge in [-0.15, -0.1) is 24.0 Å². The van der Waals surface area contributed by atoms with Crippen LogP contribution in [0.15, 0.2) is 35.3 Å². The summed E-state index contributed by atoms with van der Waals surface area (Å²) < 4.78 is 28.6. The van der Waals surface area contributed by atoms with Crippen molar-refractivity contribution >= 4 is 39.8 Å². The molecule has 1 aromatic rings. The van der Waals surface area contributed by atoms with Crippen molar-refractivity contribution < 1.29 is 13.2 Å². The molecule has 0 heterocycles. The minimum absolute atomic E-state index is 0. The Labute approximate surface area is 168 Å². The Hall–Kier alpha value is -0.870. The van der Waals surface area contributed by atoms with E-state index in [1.807, 2.05) is 30.3 Å². The summed E-state index contributed by atoms with van der Waals surface area (Å²) in [6.07, 6.45) is 0. The van der Waals surface area contributed by atoms with Crippen molar-refractivity contribution in [2.75, 3.05) is 38.2 Å². The molecule has 0 spiro atoms. The molecular weight excluding hydrogens is 453 g/mol. The Kier molecular flexibility index (Phi) is 12.9. The molecule has 0 aliphatic rings. The number of halogens is 1. The van der Waals surface area contributed by atoms with E-state index in [4.69, 9.17) is 4.74 Å². The molecule has 8 heteroatoms. The zero-order valence-electron chi connectivity index (χ0n) is 15.2. The molecule has 0 saturated heterocycles. The topological polar surface area (TPSA) is 79.8 Å². The summed E-state index contributed by atoms with van der Waals surface area (Å²) in [7, 11) is -1.29. The van der Waals surface area contributed by atoms with Gasteiger partial charge in [0, 0.05) is 25.9 Å². The van der Waals surface area contributed by atoms with E-state index in [1.54, 1.807) is 14.0 Å². The van der Waals surface area contributed by atoms with Crippen molar-refractivity contribution in [3.8, 4) is 0 Å². The Morgan fingerprint density at radius 2 is 1.92 bits per heavy atom. The quantitative estimate of drug-likeness (QED) is 0.303. The molecule has 0 amide bonds. The molecule has 1 rings (SSSR count). The maximum Gasteiger partial charge on any atom is 0.191 e. The van der Waals surface area contributed by atoms with E-state index in [0.29, 0.717) is 38.2 Å². The largest absolute Gasteiger partial charge is 0.376 e. The lowest BCUT2D eigenvalue weighted by Gasteiger charge is -2.16. The van der Waals surface area contributed by atoms with E-state index < -0.39 is 9.84 Å². The molecular formula is C17H30IN3O3S. The molecule has 0 aromatic heterocycles. The number of guanidine groups is 1. The van der Waals surface area contributed by atoms with Crippen molar-refractivity contribution in [1.29, 1.82) is 0 Å². The Morgan fingerprint density at radius 3 is 2.52 bits per heavy atom. The molecule has 1 atom stereocenters. The highest BCUT2D eigenvalue weighted by atomic mass is 127. The second-order valence-electron chi connectivity index (χ2n) is 5.72. The second-order valence-corrected chi connectivity index (χ2v) is 8.19. The first-order valence-electron chi connectivity index (χ1n) is 8.23. The molecule has 6 nitrogen and oxygen atoms in total. The maximum atomic E-state index is 11.5. The molecule has 0 bridgehead atoms. The minimum atomic E-state index is -2.96. The van der Waals surface area contributed by atoms with Gasteiger partial charge in [-0.05, 0) is 11.5 Å². The number of hydrogen-bond acceptors (Lipinski definition) is 4. The van der Waals surface area contributed by atoms with Gasteiger partial charge in [0.15, 0.2) is 15.8 Å². The molecule has 0 saturated carbocycles.